The molecule has 7 nitrogen and oxygen atoms in total. The van der Waals surface area contributed by atoms with Crippen molar-refractivity contribution in [2.45, 2.75) is 25.7 Å². The summed E-state index contributed by atoms with van der Waals surface area (Å²) in [5.41, 5.74) is 1.73. The summed E-state index contributed by atoms with van der Waals surface area (Å²) < 4.78 is 5.45. The fourth-order valence-corrected chi connectivity index (χ4v) is 3.82. The molecule has 4 rings (SSSR count). The lowest BCUT2D eigenvalue weighted by Crippen LogP contribution is -2.40. The smallest absolute Gasteiger partial charge is 0.253 e. The first kappa shape index (κ1) is 17.9. The molecule has 1 atom stereocenters. The highest BCUT2D eigenvalue weighted by molar-refractivity contribution is 5.94. The second-order valence-corrected chi connectivity index (χ2v) is 7.12. The highest BCUT2D eigenvalue weighted by Crippen LogP contribution is 2.28. The molecule has 2 aliphatic rings. The third kappa shape index (κ3) is 4.08. The Hall–Kier alpha value is -2.54. The monoisotopic (exact) mass is 367 g/mol. The minimum atomic E-state index is 0.0706. The van der Waals surface area contributed by atoms with Crippen molar-refractivity contribution in [3.8, 4) is 0 Å². The van der Waals surface area contributed by atoms with E-state index >= 15 is 0 Å². The summed E-state index contributed by atoms with van der Waals surface area (Å²) in [5.74, 6) is 2.07. The number of morpholine rings is 1. The van der Waals surface area contributed by atoms with Crippen LogP contribution in [0.1, 0.15) is 40.6 Å². The molecule has 0 saturated carbocycles. The predicted molar refractivity (Wildman–Crippen MR) is 102 cm³/mol. The maximum atomic E-state index is 12.8. The van der Waals surface area contributed by atoms with E-state index in [-0.39, 0.29) is 11.8 Å². The van der Waals surface area contributed by atoms with Gasteiger partial charge in [0.25, 0.3) is 5.91 Å². The van der Waals surface area contributed by atoms with Crippen LogP contribution < -0.4 is 4.90 Å². The molecule has 142 valence electrons. The van der Waals surface area contributed by atoms with Crippen molar-refractivity contribution in [1.29, 1.82) is 0 Å². The van der Waals surface area contributed by atoms with Crippen LogP contribution in [0.2, 0.25) is 0 Å². The van der Waals surface area contributed by atoms with Crippen molar-refractivity contribution in [1.82, 2.24) is 19.9 Å². The molecule has 0 unspecified atom stereocenters. The van der Waals surface area contributed by atoms with Crippen molar-refractivity contribution in [2.75, 3.05) is 44.3 Å². The van der Waals surface area contributed by atoms with Crippen molar-refractivity contribution in [3.63, 3.8) is 0 Å². The van der Waals surface area contributed by atoms with E-state index in [4.69, 9.17) is 9.72 Å². The molecule has 2 saturated heterocycles. The standard InChI is InChI=1S/C20H25N5O2/c1-15-22-18(13-19(23-15)24-9-11-27-12-10-24)17-3-2-8-25(14-17)20(26)16-4-6-21-7-5-16/h4-7,13,17H,2-3,8-12,14H2,1H3/t17-/m1/s1. The van der Waals surface area contributed by atoms with Gasteiger partial charge in [0.15, 0.2) is 0 Å². The Kier molecular flexibility index (Phi) is 5.29. The minimum absolute atomic E-state index is 0.0706. The van der Waals surface area contributed by atoms with Crippen molar-refractivity contribution >= 4 is 11.7 Å². The van der Waals surface area contributed by atoms with Crippen LogP contribution in [0.5, 0.6) is 0 Å². The predicted octanol–water partition coefficient (Wildman–Crippen LogP) is 2.04. The van der Waals surface area contributed by atoms with Gasteiger partial charge in [0.2, 0.25) is 0 Å². The summed E-state index contributed by atoms with van der Waals surface area (Å²) in [7, 11) is 0. The Morgan fingerprint density at radius 2 is 1.93 bits per heavy atom. The summed E-state index contributed by atoms with van der Waals surface area (Å²) in [6.45, 7) is 6.60. The van der Waals surface area contributed by atoms with Crippen molar-refractivity contribution in [3.05, 3.63) is 47.7 Å². The van der Waals surface area contributed by atoms with Gasteiger partial charge < -0.3 is 14.5 Å². The van der Waals surface area contributed by atoms with Gasteiger partial charge in [0, 0.05) is 56.1 Å². The van der Waals surface area contributed by atoms with Gasteiger partial charge in [-0.15, -0.1) is 0 Å². The number of ether oxygens (including phenoxy) is 1. The SMILES string of the molecule is Cc1nc([C@@H]2CCCN(C(=O)c3ccncc3)C2)cc(N2CCOCC2)n1. The molecule has 2 fully saturated rings. The Morgan fingerprint density at radius 3 is 2.70 bits per heavy atom. The molecule has 0 aromatic carbocycles. The van der Waals surface area contributed by atoms with Gasteiger partial charge >= 0.3 is 0 Å². The summed E-state index contributed by atoms with van der Waals surface area (Å²) >= 11 is 0. The largest absolute Gasteiger partial charge is 0.378 e. The summed E-state index contributed by atoms with van der Waals surface area (Å²) in [4.78, 5) is 30.3. The van der Waals surface area contributed by atoms with Gasteiger partial charge in [-0.25, -0.2) is 9.97 Å². The molecule has 0 bridgehead atoms. The lowest BCUT2D eigenvalue weighted by molar-refractivity contribution is 0.0705. The topological polar surface area (TPSA) is 71.5 Å². The number of hydrogen-bond acceptors (Lipinski definition) is 6. The van der Waals surface area contributed by atoms with E-state index in [0.717, 1.165) is 63.0 Å². The number of piperidine rings is 1. The Morgan fingerprint density at radius 1 is 1.15 bits per heavy atom. The van der Waals surface area contributed by atoms with E-state index in [0.29, 0.717) is 12.1 Å². The molecular weight excluding hydrogens is 342 g/mol. The minimum Gasteiger partial charge on any atom is -0.378 e. The first-order valence-electron chi connectivity index (χ1n) is 9.58. The van der Waals surface area contributed by atoms with Crippen LogP contribution >= 0.6 is 0 Å². The zero-order valence-electron chi connectivity index (χ0n) is 15.7. The van der Waals surface area contributed by atoms with E-state index in [1.165, 1.54) is 0 Å². The number of carbonyl (C=O) groups is 1. The van der Waals surface area contributed by atoms with Crippen LogP contribution in [0.3, 0.4) is 0 Å². The first-order valence-corrected chi connectivity index (χ1v) is 9.58. The summed E-state index contributed by atoms with van der Waals surface area (Å²) in [6.07, 6.45) is 5.35. The molecule has 2 aromatic rings. The second kappa shape index (κ2) is 8.00. The zero-order valence-corrected chi connectivity index (χ0v) is 15.7. The molecule has 0 N–H and O–H groups in total. The van der Waals surface area contributed by atoms with E-state index in [1.54, 1.807) is 24.5 Å². The number of amides is 1. The Labute approximate surface area is 159 Å². The van der Waals surface area contributed by atoms with Crippen LogP contribution in [0.25, 0.3) is 0 Å². The molecular formula is C20H25N5O2. The van der Waals surface area contributed by atoms with Gasteiger partial charge in [-0.2, -0.15) is 0 Å². The first-order chi connectivity index (χ1) is 13.2. The third-order valence-electron chi connectivity index (χ3n) is 5.23. The average molecular weight is 367 g/mol. The molecule has 0 aliphatic carbocycles. The molecule has 0 spiro atoms. The molecule has 1 amide bonds. The molecule has 27 heavy (non-hydrogen) atoms. The lowest BCUT2D eigenvalue weighted by Gasteiger charge is -2.33. The Balaban J connectivity index is 1.52. The molecule has 2 aromatic heterocycles. The van der Waals surface area contributed by atoms with Crippen molar-refractivity contribution in [2.24, 2.45) is 0 Å². The highest BCUT2D eigenvalue weighted by Gasteiger charge is 2.27. The quantitative estimate of drug-likeness (QED) is 0.827. The van der Waals surface area contributed by atoms with Gasteiger partial charge in [-0.05, 0) is 31.9 Å². The van der Waals surface area contributed by atoms with E-state index < -0.39 is 0 Å². The van der Waals surface area contributed by atoms with Gasteiger partial charge in [-0.3, -0.25) is 9.78 Å². The summed E-state index contributed by atoms with van der Waals surface area (Å²) in [6, 6.07) is 5.65. The number of likely N-dealkylation sites (tertiary alicyclic amines) is 1. The fourth-order valence-electron chi connectivity index (χ4n) is 3.82. The Bertz CT molecular complexity index is 792. The third-order valence-corrected chi connectivity index (χ3v) is 5.23. The number of pyridine rings is 1. The number of hydrogen-bond donors (Lipinski definition) is 0. The second-order valence-electron chi connectivity index (χ2n) is 7.12. The number of aromatic nitrogens is 3. The number of aryl methyl sites for hydroxylation is 1. The maximum absolute atomic E-state index is 12.8. The van der Waals surface area contributed by atoms with Crippen LogP contribution in [-0.2, 0) is 4.74 Å². The van der Waals surface area contributed by atoms with E-state index in [2.05, 4.69) is 20.9 Å². The van der Waals surface area contributed by atoms with E-state index in [1.807, 2.05) is 11.8 Å². The van der Waals surface area contributed by atoms with Crippen LogP contribution in [0, 0.1) is 6.92 Å². The normalized spacial score (nSPS) is 20.6. The van der Waals surface area contributed by atoms with Gasteiger partial charge in [-0.1, -0.05) is 0 Å². The van der Waals surface area contributed by atoms with Crippen LogP contribution in [0.15, 0.2) is 30.6 Å². The van der Waals surface area contributed by atoms with Gasteiger partial charge in [0.05, 0.1) is 18.9 Å². The van der Waals surface area contributed by atoms with Crippen LogP contribution in [0.4, 0.5) is 5.82 Å². The molecule has 7 heteroatoms. The molecule has 2 aliphatic heterocycles. The lowest BCUT2D eigenvalue weighted by atomic mass is 9.94. The van der Waals surface area contributed by atoms with Gasteiger partial charge in [0.1, 0.15) is 11.6 Å². The highest BCUT2D eigenvalue weighted by atomic mass is 16.5. The van der Waals surface area contributed by atoms with Crippen LogP contribution in [-0.4, -0.2) is 65.2 Å². The maximum Gasteiger partial charge on any atom is 0.253 e. The molecule has 4 heterocycles. The zero-order chi connectivity index (χ0) is 18.6. The average Bonchev–Trinajstić information content (AvgIpc) is 2.74. The fraction of sp³-hybridized carbons (Fsp3) is 0.500. The number of carbonyl (C=O) groups excluding carboxylic acids is 1. The summed E-state index contributed by atoms with van der Waals surface area (Å²) in [5, 5.41) is 0. The number of anilines is 1. The number of nitrogens with zero attached hydrogens (tertiary/aromatic N) is 5. The van der Waals surface area contributed by atoms with E-state index in [9.17, 15) is 4.79 Å². The van der Waals surface area contributed by atoms with Crippen molar-refractivity contribution < 1.29 is 9.53 Å². The number of rotatable bonds is 3. The molecule has 0 radical (unpaired) electrons.